The van der Waals surface area contributed by atoms with Crippen molar-refractivity contribution in [2.45, 2.75) is 59.5 Å². The molecule has 0 N–H and O–H groups in total. The van der Waals surface area contributed by atoms with Crippen molar-refractivity contribution in [2.24, 2.45) is 0 Å². The van der Waals surface area contributed by atoms with Gasteiger partial charge in [-0.1, -0.05) is 35.4 Å². The summed E-state index contributed by atoms with van der Waals surface area (Å²) in [6.45, 7) is 6.73. The highest BCUT2D eigenvalue weighted by Gasteiger charge is 2.19. The number of fused-ring (bicyclic) bond motifs is 8. The summed E-state index contributed by atoms with van der Waals surface area (Å²) in [6, 6.07) is 24.1. The normalized spacial score (nSPS) is 15.4. The van der Waals surface area contributed by atoms with E-state index in [1.807, 2.05) is 48.5 Å². The van der Waals surface area contributed by atoms with E-state index in [4.69, 9.17) is 28.4 Å². The Bertz CT molecular complexity index is 1300. The molecule has 212 valence electrons. The Morgan fingerprint density at radius 3 is 1.05 bits per heavy atom. The SMILES string of the molecule is Cc1cc2c3c(c1)COc1ccccc1OCc1cc(C)cc(c1OCCCCCO3)COc1ccccc1OC2. The van der Waals surface area contributed by atoms with Crippen molar-refractivity contribution in [2.75, 3.05) is 13.2 Å². The first-order valence-corrected chi connectivity index (χ1v) is 14.3. The first-order valence-electron chi connectivity index (χ1n) is 14.3. The molecule has 0 spiro atoms. The van der Waals surface area contributed by atoms with E-state index < -0.39 is 0 Å². The first-order chi connectivity index (χ1) is 20.1. The quantitative estimate of drug-likeness (QED) is 0.221. The fourth-order valence-electron chi connectivity index (χ4n) is 5.39. The van der Waals surface area contributed by atoms with Gasteiger partial charge in [-0.3, -0.25) is 0 Å². The number of hydrogen-bond acceptors (Lipinski definition) is 6. The van der Waals surface area contributed by atoms with E-state index in [9.17, 15) is 0 Å². The Morgan fingerprint density at radius 2 is 0.732 bits per heavy atom. The zero-order chi connectivity index (χ0) is 28.0. The molecular weight excluding hydrogens is 516 g/mol. The molecule has 0 amide bonds. The van der Waals surface area contributed by atoms with Crippen molar-refractivity contribution in [3.63, 3.8) is 0 Å². The Morgan fingerprint density at radius 1 is 0.415 bits per heavy atom. The predicted molar refractivity (Wildman–Crippen MR) is 157 cm³/mol. The number of hydrogen-bond donors (Lipinski definition) is 0. The van der Waals surface area contributed by atoms with Gasteiger partial charge in [0, 0.05) is 22.3 Å². The summed E-state index contributed by atoms with van der Waals surface area (Å²) in [7, 11) is 0. The van der Waals surface area contributed by atoms with Crippen LogP contribution in [0.4, 0.5) is 0 Å². The molecule has 0 aliphatic carbocycles. The zero-order valence-electron chi connectivity index (χ0n) is 23.7. The molecule has 0 saturated carbocycles. The van der Waals surface area contributed by atoms with Gasteiger partial charge >= 0.3 is 0 Å². The van der Waals surface area contributed by atoms with Crippen molar-refractivity contribution >= 4 is 0 Å². The molecule has 0 unspecified atom stereocenters. The summed E-state index contributed by atoms with van der Waals surface area (Å²) < 4.78 is 38.4. The molecule has 0 radical (unpaired) electrons. The molecule has 2 aliphatic heterocycles. The molecule has 6 heteroatoms. The monoisotopic (exact) mass is 552 g/mol. The van der Waals surface area contributed by atoms with Gasteiger partial charge in [0.25, 0.3) is 0 Å². The van der Waals surface area contributed by atoms with E-state index in [0.717, 1.165) is 64.1 Å². The lowest BCUT2D eigenvalue weighted by Crippen LogP contribution is -2.10. The minimum absolute atomic E-state index is 0.340. The second-order valence-corrected chi connectivity index (χ2v) is 10.6. The van der Waals surface area contributed by atoms with Crippen LogP contribution in [0.5, 0.6) is 34.5 Å². The van der Waals surface area contributed by atoms with Crippen LogP contribution in [0.3, 0.4) is 0 Å². The van der Waals surface area contributed by atoms with Crippen LogP contribution in [0, 0.1) is 13.8 Å². The molecule has 2 aliphatic rings. The van der Waals surface area contributed by atoms with E-state index in [1.165, 1.54) is 0 Å². The lowest BCUT2D eigenvalue weighted by atomic mass is 10.0. The second-order valence-electron chi connectivity index (χ2n) is 10.6. The molecule has 6 nitrogen and oxygen atoms in total. The van der Waals surface area contributed by atoms with Crippen molar-refractivity contribution in [1.82, 2.24) is 0 Å². The van der Waals surface area contributed by atoms with E-state index in [1.54, 1.807) is 0 Å². The summed E-state index contributed by atoms with van der Waals surface area (Å²) in [4.78, 5) is 0. The van der Waals surface area contributed by atoms with Gasteiger partial charge < -0.3 is 28.4 Å². The van der Waals surface area contributed by atoms with Crippen LogP contribution < -0.4 is 28.4 Å². The van der Waals surface area contributed by atoms with Crippen LogP contribution in [0.2, 0.25) is 0 Å². The van der Waals surface area contributed by atoms with Gasteiger partial charge in [0.05, 0.1) is 13.2 Å². The molecule has 41 heavy (non-hydrogen) atoms. The summed E-state index contributed by atoms with van der Waals surface area (Å²) in [5.74, 6) is 4.32. The molecule has 0 saturated heterocycles. The van der Waals surface area contributed by atoms with E-state index in [0.29, 0.717) is 62.6 Å². The van der Waals surface area contributed by atoms with Crippen LogP contribution in [0.15, 0.2) is 72.8 Å². The van der Waals surface area contributed by atoms with Crippen LogP contribution in [-0.2, 0) is 26.4 Å². The lowest BCUT2D eigenvalue weighted by Gasteiger charge is -2.21. The Kier molecular flexibility index (Phi) is 8.17. The summed E-state index contributed by atoms with van der Waals surface area (Å²) >= 11 is 0. The Balaban J connectivity index is 1.49. The van der Waals surface area contributed by atoms with Crippen molar-refractivity contribution in [3.8, 4) is 34.5 Å². The Labute approximate surface area is 241 Å². The molecule has 0 atom stereocenters. The summed E-state index contributed by atoms with van der Waals surface area (Å²) in [6.07, 6.45) is 2.83. The van der Waals surface area contributed by atoms with Gasteiger partial charge in [-0.05, 0) is 81.6 Å². The molecule has 2 bridgehead atoms. The van der Waals surface area contributed by atoms with Crippen LogP contribution >= 0.6 is 0 Å². The lowest BCUT2D eigenvalue weighted by molar-refractivity contribution is 0.233. The number of ether oxygens (including phenoxy) is 6. The smallest absolute Gasteiger partial charge is 0.161 e. The topological polar surface area (TPSA) is 55.4 Å². The largest absolute Gasteiger partial charge is 0.493 e. The predicted octanol–water partition coefficient (Wildman–Crippen LogP) is 7.87. The molecule has 0 aromatic heterocycles. The molecule has 4 aromatic carbocycles. The molecule has 6 rings (SSSR count). The minimum Gasteiger partial charge on any atom is -0.493 e. The maximum absolute atomic E-state index is 6.45. The van der Waals surface area contributed by atoms with Gasteiger partial charge in [-0.2, -0.15) is 0 Å². The average molecular weight is 553 g/mol. The summed E-state index contributed by atoms with van der Waals surface area (Å²) in [5.41, 5.74) is 6.12. The van der Waals surface area contributed by atoms with Crippen LogP contribution in [-0.4, -0.2) is 13.2 Å². The van der Waals surface area contributed by atoms with E-state index in [-0.39, 0.29) is 0 Å². The van der Waals surface area contributed by atoms with E-state index in [2.05, 4.69) is 38.1 Å². The molecule has 0 fully saturated rings. The molecule has 4 aromatic rings. The molecular formula is C35H36O6. The van der Waals surface area contributed by atoms with Crippen molar-refractivity contribution in [1.29, 1.82) is 0 Å². The third kappa shape index (κ3) is 6.37. The average Bonchev–Trinajstić information content (AvgIpc) is 2.98. The van der Waals surface area contributed by atoms with Crippen molar-refractivity contribution < 1.29 is 28.4 Å². The number of rotatable bonds is 0. The maximum Gasteiger partial charge on any atom is 0.161 e. The van der Waals surface area contributed by atoms with Gasteiger partial charge in [0.15, 0.2) is 23.0 Å². The Hall–Kier alpha value is -4.32. The van der Waals surface area contributed by atoms with Gasteiger partial charge in [-0.25, -0.2) is 0 Å². The van der Waals surface area contributed by atoms with Gasteiger partial charge in [0.1, 0.15) is 37.9 Å². The van der Waals surface area contributed by atoms with Gasteiger partial charge in [-0.15, -0.1) is 0 Å². The van der Waals surface area contributed by atoms with Crippen molar-refractivity contribution in [3.05, 3.63) is 106 Å². The zero-order valence-corrected chi connectivity index (χ0v) is 23.7. The summed E-state index contributed by atoms with van der Waals surface area (Å²) in [5, 5.41) is 0. The first kappa shape index (κ1) is 26.9. The molecule has 2 heterocycles. The third-order valence-corrected chi connectivity index (χ3v) is 7.29. The highest BCUT2D eigenvalue weighted by Crippen LogP contribution is 2.36. The second kappa shape index (κ2) is 12.5. The minimum atomic E-state index is 0.340. The highest BCUT2D eigenvalue weighted by atomic mass is 16.5. The number of para-hydroxylation sites is 4. The van der Waals surface area contributed by atoms with Crippen LogP contribution in [0.1, 0.15) is 52.6 Å². The third-order valence-electron chi connectivity index (χ3n) is 7.29. The number of aryl methyl sites for hydroxylation is 2. The highest BCUT2D eigenvalue weighted by molar-refractivity contribution is 5.48. The number of benzene rings is 4. The fraction of sp³-hybridized carbons (Fsp3) is 0.314. The van der Waals surface area contributed by atoms with Crippen LogP contribution in [0.25, 0.3) is 0 Å². The van der Waals surface area contributed by atoms with E-state index >= 15 is 0 Å². The maximum atomic E-state index is 6.45. The fourth-order valence-corrected chi connectivity index (χ4v) is 5.39. The van der Waals surface area contributed by atoms with Gasteiger partial charge in [0.2, 0.25) is 0 Å². The standard InChI is InChI=1S/C35H36O6/c1-24-16-26-20-38-30-10-4-6-12-32(30)40-22-28-18-25(2)19-29-23-41-33-13-7-5-11-31(33)39-21-27(17-24)34(26)36-14-8-3-9-15-37-35(28)29/h4-7,10-13,16-19H,3,8-9,14-15,20-23H2,1-2H3.